The maximum Gasteiger partial charge on any atom is 0.317 e. The highest BCUT2D eigenvalue weighted by Gasteiger charge is 2.28. The van der Waals surface area contributed by atoms with Crippen LogP contribution in [0.2, 0.25) is 0 Å². The fourth-order valence-electron chi connectivity index (χ4n) is 13.0. The van der Waals surface area contributed by atoms with Crippen LogP contribution in [0, 0.1) is 24.8 Å². The number of carbonyl (C=O) groups is 1. The minimum Gasteiger partial charge on any atom is -0.487 e. The highest BCUT2D eigenvalue weighted by molar-refractivity contribution is 9.10. The maximum atomic E-state index is 14.3. The number of imidazole rings is 2. The van der Waals surface area contributed by atoms with Crippen molar-refractivity contribution in [3.05, 3.63) is 191 Å². The number of hydrogen-bond donors (Lipinski definition) is 5. The van der Waals surface area contributed by atoms with Gasteiger partial charge in [-0.1, -0.05) is 98.0 Å². The Kier molecular flexibility index (Phi) is 30.2. The standard InChI is InChI=1S/C28H28FN7O2.C27H27FN6O2.C16H17BrN4.C4H9NO2.C4H10O3.H3N/c1-35-17-31-14-21(35)15-37-23-11-19(29)12-24(13-23)38-22-9-7-18(8-10-22)26-25-27(30)32-16-33-28(25)36(34-26)20-5-3-2-4-6-20;1-30-26-25(32-34(27(26)29)20-6-4-3-5-7-20)18-8-10-22(11-9-18)36-24-13-19(28)12-23(14-24)35-16-21-15-31-17-33(21)2;1-19-15-14(11-7-9-12(17)10-8-11)20-21(16(15)18)13-5-3-2-4-6-13;1-5(2)3-4(6)7;1-5-4(6-2)7-3;/h7-14,16-17,20H,2-6,15H2,1H3,(H2,30,32,33);8-15,17,20H,3-7,16,29H2,2H3;7-10,13H,2-6,18H2;3H2,1-2H3,(H,6,7);4H,1-3H3;1H3. The Hall–Kier alpha value is -11.3. The topological polar surface area (TPSA) is 342 Å². The van der Waals surface area contributed by atoms with E-state index < -0.39 is 24.1 Å². The first-order chi connectivity index (χ1) is 52.7. The number of carboxylic acids is 1. The molecule has 580 valence electrons. The Morgan fingerprint density at radius 3 is 1.30 bits per heavy atom. The Bertz CT molecular complexity index is 4850. The fourth-order valence-corrected chi connectivity index (χ4v) is 13.3. The second kappa shape index (κ2) is 40.2. The normalized spacial score (nSPS) is 13.7. The number of aryl methyl sites for hydroxylation is 2. The molecule has 5 aromatic carbocycles. The molecule has 3 aliphatic rings. The van der Waals surface area contributed by atoms with E-state index in [2.05, 4.69) is 64.9 Å². The van der Waals surface area contributed by atoms with E-state index in [0.717, 1.165) is 101 Å². The molecule has 0 saturated heterocycles. The summed E-state index contributed by atoms with van der Waals surface area (Å²) in [5, 5.41) is 23.1. The molecule has 0 aliphatic heterocycles. The molecule has 0 amide bonds. The number of carboxylic acid groups (broad SMARTS) is 1. The van der Waals surface area contributed by atoms with E-state index in [1.165, 1.54) is 96.9 Å². The number of ether oxygens (including phenoxy) is 7. The number of aliphatic carboxylic acids is 1. The quantitative estimate of drug-likeness (QED) is 0.0329. The van der Waals surface area contributed by atoms with Gasteiger partial charge >= 0.3 is 5.97 Å². The van der Waals surface area contributed by atoms with Crippen molar-refractivity contribution in [3.63, 3.8) is 0 Å². The van der Waals surface area contributed by atoms with Crippen LogP contribution in [-0.2, 0) is 46.3 Å². The summed E-state index contributed by atoms with van der Waals surface area (Å²) in [6, 6.07) is 31.9. The van der Waals surface area contributed by atoms with Gasteiger partial charge in [-0.05, 0) is 112 Å². The van der Waals surface area contributed by atoms with Crippen molar-refractivity contribution < 1.29 is 51.8 Å². The third kappa shape index (κ3) is 22.0. The van der Waals surface area contributed by atoms with Crippen molar-refractivity contribution in [3.8, 4) is 68.3 Å². The smallest absolute Gasteiger partial charge is 0.317 e. The lowest BCUT2D eigenvalue weighted by atomic mass is 9.96. The molecule has 28 nitrogen and oxygen atoms in total. The molecule has 0 unspecified atom stereocenters. The van der Waals surface area contributed by atoms with Crippen molar-refractivity contribution in [2.24, 2.45) is 14.1 Å². The molecule has 6 heterocycles. The molecule has 3 aliphatic carbocycles. The van der Waals surface area contributed by atoms with Crippen LogP contribution in [0.15, 0.2) is 145 Å². The van der Waals surface area contributed by atoms with Gasteiger partial charge in [0.05, 0.1) is 79.6 Å². The Labute approximate surface area is 646 Å². The molecule has 11 aromatic rings. The average Bonchev–Trinajstić information content (AvgIpc) is 1.62. The predicted molar refractivity (Wildman–Crippen MR) is 420 cm³/mol. The first kappa shape index (κ1) is 82.7. The van der Waals surface area contributed by atoms with Gasteiger partial charge in [-0.3, -0.25) is 19.1 Å². The lowest BCUT2D eigenvalue weighted by Gasteiger charge is -2.23. The summed E-state index contributed by atoms with van der Waals surface area (Å²) in [7, 11) is 11.7. The number of halogens is 3. The molecule has 10 N–H and O–H groups in total. The average molecular weight is 1570 g/mol. The Morgan fingerprint density at radius 1 is 0.564 bits per heavy atom. The highest BCUT2D eigenvalue weighted by Crippen LogP contribution is 2.43. The largest absolute Gasteiger partial charge is 0.487 e. The number of nitrogen functional groups attached to an aromatic ring is 3. The summed E-state index contributed by atoms with van der Waals surface area (Å²) in [5.74, 6) is 2.09. The van der Waals surface area contributed by atoms with Crippen molar-refractivity contribution in [2.45, 2.75) is 134 Å². The van der Waals surface area contributed by atoms with Crippen molar-refractivity contribution in [1.29, 1.82) is 0 Å². The molecule has 3 saturated carbocycles. The number of anilines is 3. The van der Waals surface area contributed by atoms with E-state index in [-0.39, 0.29) is 32.0 Å². The lowest BCUT2D eigenvalue weighted by Crippen LogP contribution is -2.20. The number of nitrogens with two attached hydrogens (primary N) is 3. The number of aromatic nitrogens is 12. The van der Waals surface area contributed by atoms with Crippen LogP contribution < -0.4 is 42.3 Å². The number of benzene rings is 5. The van der Waals surface area contributed by atoms with Gasteiger partial charge in [-0.25, -0.2) is 43.1 Å². The molecule has 0 bridgehead atoms. The zero-order valence-corrected chi connectivity index (χ0v) is 64.4. The van der Waals surface area contributed by atoms with E-state index >= 15 is 0 Å². The number of rotatable bonds is 21. The number of nitrogens with zero attached hydrogens (tertiary/aromatic N) is 15. The fraction of sp³-hybridized carbons (Fsp3) is 0.367. The van der Waals surface area contributed by atoms with Gasteiger partial charge in [-0.15, -0.1) is 0 Å². The Balaban J connectivity index is 0.000000178. The van der Waals surface area contributed by atoms with Crippen LogP contribution >= 0.6 is 15.9 Å². The van der Waals surface area contributed by atoms with Crippen LogP contribution in [0.5, 0.6) is 34.5 Å². The molecule has 0 spiro atoms. The number of likely N-dealkylation sites (N-methyl/N-ethyl adjacent to an activating group) is 1. The molecular weight excluding hydrogens is 1480 g/mol. The summed E-state index contributed by atoms with van der Waals surface area (Å²) >= 11 is 3.43. The summed E-state index contributed by atoms with van der Waals surface area (Å²) in [6.07, 6.45) is 25.5. The van der Waals surface area contributed by atoms with Gasteiger partial charge in [0.1, 0.15) is 100 Å². The van der Waals surface area contributed by atoms with E-state index in [0.29, 0.717) is 86.8 Å². The van der Waals surface area contributed by atoms with Gasteiger partial charge in [0.15, 0.2) is 5.65 Å². The minimum atomic E-state index is -0.787. The second-order valence-corrected chi connectivity index (χ2v) is 27.5. The molecule has 0 radical (unpaired) electrons. The third-order valence-electron chi connectivity index (χ3n) is 18.5. The summed E-state index contributed by atoms with van der Waals surface area (Å²) in [6.45, 7) is 15.2. The molecule has 110 heavy (non-hydrogen) atoms. The van der Waals surface area contributed by atoms with Gasteiger partial charge < -0.3 is 70.8 Å². The highest BCUT2D eigenvalue weighted by atomic mass is 79.9. The number of hydrogen-bond acceptors (Lipinski definition) is 20. The van der Waals surface area contributed by atoms with E-state index in [1.54, 1.807) is 68.3 Å². The van der Waals surface area contributed by atoms with Crippen LogP contribution in [0.1, 0.15) is 126 Å². The third-order valence-corrected chi connectivity index (χ3v) is 19.0. The zero-order chi connectivity index (χ0) is 77.5. The molecule has 3 fully saturated rings. The number of methoxy groups -OCH3 is 3. The van der Waals surface area contributed by atoms with Crippen LogP contribution in [0.25, 0.3) is 54.5 Å². The monoisotopic (exact) mass is 1570 g/mol. The van der Waals surface area contributed by atoms with Gasteiger partial charge in [0.25, 0.3) is 17.9 Å². The predicted octanol–water partition coefficient (Wildman–Crippen LogP) is 17.2. The molecular formula is C79H94BrF2N19O9. The van der Waals surface area contributed by atoms with E-state index in [9.17, 15) is 13.6 Å². The molecule has 6 aromatic heterocycles. The lowest BCUT2D eigenvalue weighted by molar-refractivity contribution is -0.252. The van der Waals surface area contributed by atoms with Gasteiger partial charge in [0, 0.05) is 81.9 Å². The number of fused-ring (bicyclic) bond motifs is 1. The second-order valence-electron chi connectivity index (χ2n) is 26.6. The maximum absolute atomic E-state index is 14.3. The first-order valence-electron chi connectivity index (χ1n) is 35.8. The van der Waals surface area contributed by atoms with Crippen molar-refractivity contribution in [2.75, 3.05) is 59.2 Å². The van der Waals surface area contributed by atoms with E-state index in [1.807, 2.05) is 97.9 Å². The summed E-state index contributed by atoms with van der Waals surface area (Å²) in [5.41, 5.74) is 26.7. The molecule has 0 atom stereocenters. The van der Waals surface area contributed by atoms with Crippen LogP contribution in [-0.4, -0.2) is 123 Å². The minimum absolute atomic E-state index is 0. The molecule has 31 heteroatoms. The van der Waals surface area contributed by atoms with Gasteiger partial charge in [0.2, 0.25) is 0 Å². The van der Waals surface area contributed by atoms with Crippen molar-refractivity contribution >= 4 is 61.8 Å². The Morgan fingerprint density at radius 2 is 0.945 bits per heavy atom. The summed E-state index contributed by atoms with van der Waals surface area (Å²) in [4.78, 5) is 35.5. The van der Waals surface area contributed by atoms with E-state index in [4.69, 9.17) is 64.6 Å². The summed E-state index contributed by atoms with van der Waals surface area (Å²) < 4.78 is 76.0. The van der Waals surface area contributed by atoms with Crippen molar-refractivity contribution in [1.82, 2.24) is 69.5 Å². The van der Waals surface area contributed by atoms with Gasteiger partial charge in [-0.2, -0.15) is 15.3 Å². The first-order valence-corrected chi connectivity index (χ1v) is 36.6. The molecule has 14 rings (SSSR count). The zero-order valence-electron chi connectivity index (χ0n) is 62.8. The SMILES string of the molecule is CN(C)CC(=O)O.COC(OC)OC.Cn1cncc1COc1cc(F)cc(Oc2ccc(-c3nn(C4CCCCC4)c4ncnc(N)c34)cc2)c1.N.[C-]#[N+]c1c(-c2ccc(Br)cc2)nn(C2CCCCC2)c1N.[C-]#[N+]c1c(-c2ccc(Oc3cc(F)cc(OCc4cncn4C)c3)cc2)nn(C2CCCCC2)c1N. The van der Waals surface area contributed by atoms with Crippen LogP contribution in [0.3, 0.4) is 0 Å². The van der Waals surface area contributed by atoms with Crippen LogP contribution in [0.4, 0.5) is 37.6 Å².